The highest BCUT2D eigenvalue weighted by Gasteiger charge is 2.26. The second kappa shape index (κ2) is 5.14. The first-order chi connectivity index (χ1) is 7.47. The quantitative estimate of drug-likeness (QED) is 0.743. The van der Waals surface area contributed by atoms with Crippen LogP contribution in [0.1, 0.15) is 33.6 Å². The third-order valence-corrected chi connectivity index (χ3v) is 3.35. The van der Waals surface area contributed by atoms with Gasteiger partial charge in [0.1, 0.15) is 0 Å². The molecular weight excluding hydrogens is 206 g/mol. The summed E-state index contributed by atoms with van der Waals surface area (Å²) in [5.41, 5.74) is 0.495. The van der Waals surface area contributed by atoms with Gasteiger partial charge in [-0.2, -0.15) is 0 Å². The zero-order valence-corrected chi connectivity index (χ0v) is 10.1. The molecule has 1 aliphatic heterocycles. The Morgan fingerprint density at radius 2 is 1.94 bits per heavy atom. The highest BCUT2D eigenvalue weighted by atomic mass is 16.4. The summed E-state index contributed by atoms with van der Waals surface area (Å²) in [6, 6.07) is 0. The number of rotatable bonds is 3. The fourth-order valence-corrected chi connectivity index (χ4v) is 1.91. The predicted octanol–water partition coefficient (Wildman–Crippen LogP) is 1.67. The van der Waals surface area contributed by atoms with Crippen LogP contribution in [0.2, 0.25) is 0 Å². The number of aliphatic carboxylic acids is 1. The highest BCUT2D eigenvalue weighted by molar-refractivity contribution is 6.01. The van der Waals surface area contributed by atoms with Gasteiger partial charge in [-0.05, 0) is 26.2 Å². The zero-order chi connectivity index (χ0) is 12.3. The minimum Gasteiger partial charge on any atom is -0.478 e. The van der Waals surface area contributed by atoms with E-state index in [4.69, 9.17) is 5.11 Å². The predicted molar refractivity (Wildman–Crippen MR) is 61.0 cm³/mol. The first-order valence-electron chi connectivity index (χ1n) is 5.67. The summed E-state index contributed by atoms with van der Waals surface area (Å²) < 4.78 is 0. The van der Waals surface area contributed by atoms with Crippen molar-refractivity contribution in [1.82, 2.24) is 4.90 Å². The second-order valence-electron chi connectivity index (χ2n) is 4.37. The molecule has 1 saturated heterocycles. The molecule has 0 saturated carbocycles. The van der Waals surface area contributed by atoms with Gasteiger partial charge in [-0.1, -0.05) is 13.3 Å². The van der Waals surface area contributed by atoms with Gasteiger partial charge in [0.25, 0.3) is 0 Å². The van der Waals surface area contributed by atoms with Crippen molar-refractivity contribution in [2.75, 3.05) is 13.1 Å². The van der Waals surface area contributed by atoms with E-state index in [2.05, 4.69) is 6.92 Å². The molecule has 16 heavy (non-hydrogen) atoms. The van der Waals surface area contributed by atoms with E-state index < -0.39 is 5.97 Å². The van der Waals surface area contributed by atoms with E-state index in [1.165, 1.54) is 6.92 Å². The molecule has 0 aromatic heterocycles. The number of carboxylic acids is 1. The molecule has 1 amide bonds. The van der Waals surface area contributed by atoms with E-state index in [9.17, 15) is 9.59 Å². The minimum absolute atomic E-state index is 0.129. The molecule has 1 atom stereocenters. The van der Waals surface area contributed by atoms with Gasteiger partial charge in [-0.15, -0.1) is 0 Å². The van der Waals surface area contributed by atoms with Crippen molar-refractivity contribution in [3.8, 4) is 0 Å². The largest absolute Gasteiger partial charge is 0.478 e. The van der Waals surface area contributed by atoms with Crippen LogP contribution in [0.15, 0.2) is 11.1 Å². The summed E-state index contributed by atoms with van der Waals surface area (Å²) in [6.45, 7) is 6.69. The summed E-state index contributed by atoms with van der Waals surface area (Å²) in [5.74, 6) is -0.574. The van der Waals surface area contributed by atoms with Crippen LogP contribution in [0.3, 0.4) is 0 Å². The van der Waals surface area contributed by atoms with Gasteiger partial charge in [0.15, 0.2) is 0 Å². The summed E-state index contributed by atoms with van der Waals surface area (Å²) >= 11 is 0. The van der Waals surface area contributed by atoms with Gasteiger partial charge in [0, 0.05) is 24.2 Å². The number of nitrogens with zero attached hydrogens (tertiary/aromatic N) is 1. The normalized spacial score (nSPS) is 21.9. The van der Waals surface area contributed by atoms with Crippen molar-refractivity contribution in [1.29, 1.82) is 0 Å². The summed E-state index contributed by atoms with van der Waals surface area (Å²) in [4.78, 5) is 24.5. The number of hydrogen-bond donors (Lipinski definition) is 1. The van der Waals surface area contributed by atoms with Gasteiger partial charge in [0.2, 0.25) is 5.91 Å². The average Bonchev–Trinajstić information content (AvgIpc) is 2.74. The van der Waals surface area contributed by atoms with E-state index in [-0.39, 0.29) is 11.5 Å². The lowest BCUT2D eigenvalue weighted by molar-refractivity contribution is -0.133. The molecule has 90 valence electrons. The molecule has 1 N–H and O–H groups in total. The van der Waals surface area contributed by atoms with Gasteiger partial charge in [-0.25, -0.2) is 4.79 Å². The highest BCUT2D eigenvalue weighted by Crippen LogP contribution is 2.21. The summed E-state index contributed by atoms with van der Waals surface area (Å²) in [5, 5.41) is 8.81. The minimum atomic E-state index is -1.02. The number of carbonyl (C=O) groups is 2. The van der Waals surface area contributed by atoms with Crippen LogP contribution in [-0.4, -0.2) is 35.0 Å². The Bertz CT molecular complexity index is 333. The van der Waals surface area contributed by atoms with Gasteiger partial charge in [-0.3, -0.25) is 4.79 Å². The Morgan fingerprint density at radius 1 is 1.31 bits per heavy atom. The van der Waals surface area contributed by atoms with Gasteiger partial charge < -0.3 is 10.0 Å². The lowest BCUT2D eigenvalue weighted by Gasteiger charge is -2.17. The number of carbonyl (C=O) groups excluding carboxylic acids is 1. The topological polar surface area (TPSA) is 57.6 Å². The van der Waals surface area contributed by atoms with E-state index >= 15 is 0 Å². The van der Waals surface area contributed by atoms with Crippen LogP contribution in [-0.2, 0) is 9.59 Å². The van der Waals surface area contributed by atoms with Crippen LogP contribution in [0.4, 0.5) is 0 Å². The second-order valence-corrected chi connectivity index (χ2v) is 4.37. The molecule has 0 spiro atoms. The summed E-state index contributed by atoms with van der Waals surface area (Å²) in [7, 11) is 0. The van der Waals surface area contributed by atoms with Crippen LogP contribution in [0.5, 0.6) is 0 Å². The van der Waals surface area contributed by atoms with Crippen molar-refractivity contribution >= 4 is 11.9 Å². The molecule has 1 unspecified atom stereocenters. The molecule has 1 aliphatic rings. The molecule has 0 aromatic rings. The lowest BCUT2D eigenvalue weighted by Crippen LogP contribution is -2.30. The van der Waals surface area contributed by atoms with Crippen molar-refractivity contribution in [2.45, 2.75) is 33.6 Å². The third-order valence-electron chi connectivity index (χ3n) is 3.35. The maximum Gasteiger partial charge on any atom is 0.331 e. The van der Waals surface area contributed by atoms with E-state index in [0.29, 0.717) is 11.5 Å². The number of carboxylic acid groups (broad SMARTS) is 1. The van der Waals surface area contributed by atoms with E-state index in [0.717, 1.165) is 25.9 Å². The first-order valence-corrected chi connectivity index (χ1v) is 5.67. The smallest absolute Gasteiger partial charge is 0.331 e. The molecular formula is C12H19NO3. The molecule has 0 radical (unpaired) electrons. The number of hydrogen-bond acceptors (Lipinski definition) is 2. The fourth-order valence-electron chi connectivity index (χ4n) is 1.91. The SMILES string of the molecule is CCC1CCN(C(=O)C(C)=C(C)C(=O)O)C1. The van der Waals surface area contributed by atoms with Crippen LogP contribution in [0.25, 0.3) is 0 Å². The van der Waals surface area contributed by atoms with Crippen molar-refractivity contribution in [3.63, 3.8) is 0 Å². The van der Waals surface area contributed by atoms with E-state index in [1.54, 1.807) is 11.8 Å². The Hall–Kier alpha value is -1.32. The monoisotopic (exact) mass is 225 g/mol. The summed E-state index contributed by atoms with van der Waals surface area (Å²) in [6.07, 6.45) is 2.10. The number of likely N-dealkylation sites (tertiary alicyclic amines) is 1. The molecule has 0 bridgehead atoms. The maximum absolute atomic E-state index is 12.0. The molecule has 1 heterocycles. The van der Waals surface area contributed by atoms with Crippen molar-refractivity contribution in [2.24, 2.45) is 5.92 Å². The zero-order valence-electron chi connectivity index (χ0n) is 10.1. The van der Waals surface area contributed by atoms with Crippen LogP contribution in [0, 0.1) is 5.92 Å². The van der Waals surface area contributed by atoms with Gasteiger partial charge >= 0.3 is 5.97 Å². The van der Waals surface area contributed by atoms with Gasteiger partial charge in [0.05, 0.1) is 0 Å². The Balaban J connectivity index is 2.73. The third kappa shape index (κ3) is 2.62. The van der Waals surface area contributed by atoms with Crippen LogP contribution < -0.4 is 0 Å². The Kier molecular flexibility index (Phi) is 4.10. The molecule has 1 rings (SSSR count). The molecule has 1 fully saturated rings. The van der Waals surface area contributed by atoms with E-state index in [1.807, 2.05) is 0 Å². The lowest BCUT2D eigenvalue weighted by atomic mass is 10.1. The molecule has 0 aromatic carbocycles. The van der Waals surface area contributed by atoms with Crippen molar-refractivity contribution < 1.29 is 14.7 Å². The fraction of sp³-hybridized carbons (Fsp3) is 0.667. The Morgan fingerprint density at radius 3 is 2.38 bits per heavy atom. The van der Waals surface area contributed by atoms with Crippen molar-refractivity contribution in [3.05, 3.63) is 11.1 Å². The first kappa shape index (κ1) is 12.7. The Labute approximate surface area is 95.9 Å². The molecule has 4 nitrogen and oxygen atoms in total. The standard InChI is InChI=1S/C12H19NO3/c1-4-10-5-6-13(7-10)11(14)8(2)9(3)12(15)16/h10H,4-7H2,1-3H3,(H,15,16). The number of amides is 1. The average molecular weight is 225 g/mol. The molecule has 4 heteroatoms. The molecule has 0 aliphatic carbocycles. The maximum atomic E-state index is 12.0. The van der Waals surface area contributed by atoms with Crippen LogP contribution >= 0.6 is 0 Å².